The molecule has 10 aromatic rings. The molecule has 10 rings (SSSR count). The molecule has 0 N–H and O–H groups in total. The first kappa shape index (κ1) is 26.6. The summed E-state index contributed by atoms with van der Waals surface area (Å²) < 4.78 is 19.3. The minimum absolute atomic E-state index is 0.574. The summed E-state index contributed by atoms with van der Waals surface area (Å²) in [5.41, 5.74) is 10.9. The minimum atomic E-state index is 0.574. The van der Waals surface area contributed by atoms with Crippen molar-refractivity contribution in [1.82, 2.24) is 4.98 Å². The van der Waals surface area contributed by atoms with Gasteiger partial charge in [-0.2, -0.15) is 0 Å². The van der Waals surface area contributed by atoms with E-state index < -0.39 is 0 Å². The van der Waals surface area contributed by atoms with Gasteiger partial charge in [-0.1, -0.05) is 91.0 Å². The van der Waals surface area contributed by atoms with Gasteiger partial charge in [-0.3, -0.25) is 0 Å². The Morgan fingerprint density at radius 1 is 0.438 bits per heavy atom. The highest BCUT2D eigenvalue weighted by Gasteiger charge is 2.22. The van der Waals surface area contributed by atoms with E-state index in [2.05, 4.69) is 102 Å². The van der Waals surface area contributed by atoms with Crippen LogP contribution in [0.3, 0.4) is 0 Å². The Balaban J connectivity index is 1.17. The van der Waals surface area contributed by atoms with Crippen molar-refractivity contribution in [2.45, 2.75) is 0 Å². The van der Waals surface area contributed by atoms with Crippen molar-refractivity contribution in [1.29, 1.82) is 0 Å². The molecule has 0 aliphatic heterocycles. The zero-order valence-corrected chi connectivity index (χ0v) is 25.6. The van der Waals surface area contributed by atoms with Gasteiger partial charge in [0.25, 0.3) is 0 Å². The Labute approximate surface area is 274 Å². The molecular weight excluding hydrogens is 592 g/mol. The molecule has 0 unspecified atom stereocenters. The summed E-state index contributed by atoms with van der Waals surface area (Å²) in [6.07, 6.45) is 0. The average Bonchev–Trinajstić information content (AvgIpc) is 3.86. The third-order valence-corrected chi connectivity index (χ3v) is 9.12. The normalized spacial score (nSPS) is 11.8. The van der Waals surface area contributed by atoms with Gasteiger partial charge in [0.2, 0.25) is 5.89 Å². The SMILES string of the molecule is c1ccc(-c2ccc(N(c3ccc4c(c3)oc3cccc(-c5nc6ccccc6o5)c34)c3cccc4c3oc3ccccc34)cc2)cc1. The molecule has 0 bridgehead atoms. The number of para-hydroxylation sites is 4. The van der Waals surface area contributed by atoms with Gasteiger partial charge in [-0.15, -0.1) is 0 Å². The van der Waals surface area contributed by atoms with Crippen molar-refractivity contribution in [2.75, 3.05) is 4.90 Å². The second-order valence-corrected chi connectivity index (χ2v) is 11.9. The van der Waals surface area contributed by atoms with Crippen molar-refractivity contribution in [3.05, 3.63) is 158 Å². The molecule has 0 saturated carbocycles. The molecule has 3 aromatic heterocycles. The number of hydrogen-bond donors (Lipinski definition) is 0. The predicted molar refractivity (Wildman–Crippen MR) is 194 cm³/mol. The van der Waals surface area contributed by atoms with Crippen LogP contribution in [-0.4, -0.2) is 4.98 Å². The summed E-state index contributed by atoms with van der Waals surface area (Å²) in [6, 6.07) is 53.9. The van der Waals surface area contributed by atoms with Crippen LogP contribution in [0.5, 0.6) is 0 Å². The molecule has 5 heteroatoms. The highest BCUT2D eigenvalue weighted by molar-refractivity contribution is 6.14. The molecule has 0 aliphatic rings. The van der Waals surface area contributed by atoms with E-state index in [0.717, 1.165) is 83.2 Å². The van der Waals surface area contributed by atoms with Gasteiger partial charge in [-0.05, 0) is 71.8 Å². The number of nitrogens with zero attached hydrogens (tertiary/aromatic N) is 2. The number of anilines is 3. The van der Waals surface area contributed by atoms with Crippen LogP contribution in [-0.2, 0) is 0 Å². The third-order valence-electron chi connectivity index (χ3n) is 9.12. The fraction of sp³-hybridized carbons (Fsp3) is 0. The number of benzene rings is 7. The topological polar surface area (TPSA) is 55.6 Å². The number of fused-ring (bicyclic) bond motifs is 7. The second kappa shape index (κ2) is 10.5. The quantitative estimate of drug-likeness (QED) is 0.192. The van der Waals surface area contributed by atoms with Gasteiger partial charge in [0.1, 0.15) is 22.3 Å². The van der Waals surface area contributed by atoms with Gasteiger partial charge in [-0.25, -0.2) is 4.98 Å². The van der Waals surface area contributed by atoms with E-state index in [1.807, 2.05) is 60.7 Å². The highest BCUT2D eigenvalue weighted by atomic mass is 16.4. The number of hydrogen-bond acceptors (Lipinski definition) is 5. The molecule has 0 fully saturated rings. The smallest absolute Gasteiger partial charge is 0.228 e. The number of furan rings is 2. The maximum atomic E-state index is 6.54. The average molecular weight is 619 g/mol. The van der Waals surface area contributed by atoms with E-state index in [1.165, 1.54) is 5.56 Å². The lowest BCUT2D eigenvalue weighted by Crippen LogP contribution is -2.10. The largest absolute Gasteiger partial charge is 0.456 e. The van der Waals surface area contributed by atoms with E-state index in [0.29, 0.717) is 5.89 Å². The maximum absolute atomic E-state index is 6.54. The van der Waals surface area contributed by atoms with Crippen molar-refractivity contribution < 1.29 is 13.3 Å². The Bertz CT molecular complexity index is 2760. The molecule has 3 heterocycles. The molecule has 0 atom stereocenters. The molecular formula is C43H26N2O3. The Hall–Kier alpha value is -6.59. The minimum Gasteiger partial charge on any atom is -0.456 e. The molecule has 0 aliphatic carbocycles. The second-order valence-electron chi connectivity index (χ2n) is 11.9. The zero-order valence-electron chi connectivity index (χ0n) is 25.6. The monoisotopic (exact) mass is 618 g/mol. The fourth-order valence-electron chi connectivity index (χ4n) is 6.89. The lowest BCUT2D eigenvalue weighted by atomic mass is 10.0. The van der Waals surface area contributed by atoms with Crippen LogP contribution in [0.15, 0.2) is 171 Å². The molecule has 5 nitrogen and oxygen atoms in total. The van der Waals surface area contributed by atoms with E-state index in [4.69, 9.17) is 18.2 Å². The lowest BCUT2D eigenvalue weighted by Gasteiger charge is -2.25. The Morgan fingerprint density at radius 2 is 1.15 bits per heavy atom. The van der Waals surface area contributed by atoms with Gasteiger partial charge in [0, 0.05) is 38.9 Å². The molecule has 0 radical (unpaired) electrons. The van der Waals surface area contributed by atoms with E-state index >= 15 is 0 Å². The van der Waals surface area contributed by atoms with E-state index in [1.54, 1.807) is 0 Å². The van der Waals surface area contributed by atoms with Crippen molar-refractivity contribution >= 4 is 72.0 Å². The molecule has 0 saturated heterocycles. The predicted octanol–water partition coefficient (Wildman–Crippen LogP) is 12.4. The van der Waals surface area contributed by atoms with Crippen LogP contribution in [0.4, 0.5) is 17.1 Å². The molecule has 226 valence electrons. The van der Waals surface area contributed by atoms with Crippen molar-refractivity contribution in [3.63, 3.8) is 0 Å². The first-order valence-corrected chi connectivity index (χ1v) is 16.0. The van der Waals surface area contributed by atoms with Crippen LogP contribution in [0, 0.1) is 0 Å². The Morgan fingerprint density at radius 3 is 2.02 bits per heavy atom. The summed E-state index contributed by atoms with van der Waals surface area (Å²) in [6.45, 7) is 0. The van der Waals surface area contributed by atoms with Crippen LogP contribution in [0.2, 0.25) is 0 Å². The van der Waals surface area contributed by atoms with E-state index in [-0.39, 0.29) is 0 Å². The summed E-state index contributed by atoms with van der Waals surface area (Å²) in [5.74, 6) is 0.574. The number of rotatable bonds is 5. The van der Waals surface area contributed by atoms with E-state index in [9.17, 15) is 0 Å². The fourth-order valence-corrected chi connectivity index (χ4v) is 6.89. The molecule has 0 amide bonds. The summed E-state index contributed by atoms with van der Waals surface area (Å²) in [5, 5.41) is 4.13. The lowest BCUT2D eigenvalue weighted by molar-refractivity contribution is 0.620. The molecule has 7 aromatic carbocycles. The summed E-state index contributed by atoms with van der Waals surface area (Å²) >= 11 is 0. The van der Waals surface area contributed by atoms with Crippen LogP contribution in [0.1, 0.15) is 0 Å². The number of aromatic nitrogens is 1. The molecule has 48 heavy (non-hydrogen) atoms. The first-order valence-electron chi connectivity index (χ1n) is 16.0. The maximum Gasteiger partial charge on any atom is 0.228 e. The van der Waals surface area contributed by atoms with Crippen molar-refractivity contribution in [3.8, 4) is 22.6 Å². The van der Waals surface area contributed by atoms with Crippen LogP contribution < -0.4 is 4.90 Å². The van der Waals surface area contributed by atoms with Crippen LogP contribution in [0.25, 0.3) is 77.6 Å². The zero-order chi connectivity index (χ0) is 31.6. The van der Waals surface area contributed by atoms with Crippen molar-refractivity contribution in [2.24, 2.45) is 0 Å². The van der Waals surface area contributed by atoms with Gasteiger partial charge in [0.05, 0.1) is 11.4 Å². The van der Waals surface area contributed by atoms with Gasteiger partial charge >= 0.3 is 0 Å². The standard InChI is InChI=1S/C43H26N2O3/c1-2-10-27(11-3-1)28-20-22-29(23-21-28)45(36-16-8-13-32-31-12-4-6-17-37(31)47-42(32)36)30-24-25-33-40(26-30)46-39-19-9-14-34(41(33)39)43-44-35-15-5-7-18-38(35)48-43/h1-26H. The highest BCUT2D eigenvalue weighted by Crippen LogP contribution is 2.45. The Kier molecular flexibility index (Phi) is 5.81. The summed E-state index contributed by atoms with van der Waals surface area (Å²) in [4.78, 5) is 7.04. The molecule has 0 spiro atoms. The van der Waals surface area contributed by atoms with Crippen LogP contribution >= 0.6 is 0 Å². The van der Waals surface area contributed by atoms with Gasteiger partial charge < -0.3 is 18.2 Å². The summed E-state index contributed by atoms with van der Waals surface area (Å²) in [7, 11) is 0. The number of oxazole rings is 1. The van der Waals surface area contributed by atoms with Gasteiger partial charge in [0.15, 0.2) is 11.2 Å². The third kappa shape index (κ3) is 4.15. The first-order chi connectivity index (χ1) is 23.8.